The number of carbonyl (C=O) groups excluding carboxylic acids is 1. The summed E-state index contributed by atoms with van der Waals surface area (Å²) in [5.41, 5.74) is 4.55. The van der Waals surface area contributed by atoms with Gasteiger partial charge in [-0.3, -0.25) is 19.5 Å². The summed E-state index contributed by atoms with van der Waals surface area (Å²) in [5.74, 6) is -0.552. The van der Waals surface area contributed by atoms with E-state index in [1.807, 2.05) is 79.0 Å². The fourth-order valence-electron chi connectivity index (χ4n) is 5.98. The molecule has 9 nitrogen and oxygen atoms in total. The summed E-state index contributed by atoms with van der Waals surface area (Å²) in [7, 11) is 0. The number of thiazole rings is 1. The van der Waals surface area contributed by atoms with Crippen LogP contribution in [0.25, 0.3) is 22.7 Å². The number of hydrogen-bond donors (Lipinski definition) is 0. The van der Waals surface area contributed by atoms with Gasteiger partial charge >= 0.3 is 5.97 Å². The molecule has 2 aromatic heterocycles. The average Bonchev–Trinajstić information content (AvgIpc) is 3.61. The minimum atomic E-state index is -0.807. The number of nitrogens with zero attached hydrogens (tertiary/aromatic N) is 4. The summed E-state index contributed by atoms with van der Waals surface area (Å²) in [6.45, 7) is 2.38. The Kier molecular flexibility index (Phi) is 8.34. The fraction of sp³-hybridized carbons (Fsp3) is 0.108. The second-order valence-electron chi connectivity index (χ2n) is 11.1. The topological polar surface area (TPSA) is 109 Å². The molecule has 11 heteroatoms. The number of benzene rings is 4. The molecular weight excluding hydrogens is 648 g/mol. The van der Waals surface area contributed by atoms with Gasteiger partial charge in [0, 0.05) is 51.9 Å². The number of nitro benzene ring substituents is 1. The maximum Gasteiger partial charge on any atom is 0.338 e. The van der Waals surface area contributed by atoms with Crippen molar-refractivity contribution >= 4 is 57.3 Å². The first-order valence-electron chi connectivity index (χ1n) is 15.2. The lowest BCUT2D eigenvalue weighted by atomic mass is 9.93. The normalized spacial score (nSPS) is 14.5. The molecule has 0 aliphatic carbocycles. The second kappa shape index (κ2) is 12.9. The Balaban J connectivity index is 1.41. The third-order valence-electron chi connectivity index (χ3n) is 8.17. The van der Waals surface area contributed by atoms with Crippen LogP contribution in [0.2, 0.25) is 5.02 Å². The molecule has 0 radical (unpaired) electrons. The van der Waals surface area contributed by atoms with Crippen molar-refractivity contribution in [1.29, 1.82) is 0 Å². The van der Waals surface area contributed by atoms with Gasteiger partial charge in [-0.15, -0.1) is 0 Å². The fourth-order valence-corrected chi connectivity index (χ4v) is 7.10. The number of hydrogen-bond acceptors (Lipinski definition) is 7. The Bertz CT molecular complexity index is 2410. The van der Waals surface area contributed by atoms with Gasteiger partial charge in [0.25, 0.3) is 11.2 Å². The largest absolute Gasteiger partial charge is 0.463 e. The zero-order valence-corrected chi connectivity index (χ0v) is 27.1. The number of ether oxygens (including phenoxy) is 1. The molecule has 0 spiro atoms. The summed E-state index contributed by atoms with van der Waals surface area (Å²) in [5, 5.41) is 12.6. The van der Waals surface area contributed by atoms with Gasteiger partial charge in [0.15, 0.2) is 4.80 Å². The van der Waals surface area contributed by atoms with E-state index in [1.165, 1.54) is 23.5 Å². The zero-order valence-electron chi connectivity index (χ0n) is 25.6. The first-order valence-corrected chi connectivity index (χ1v) is 16.4. The van der Waals surface area contributed by atoms with Crippen LogP contribution < -0.4 is 14.9 Å². The van der Waals surface area contributed by atoms with E-state index < -0.39 is 16.9 Å². The van der Waals surface area contributed by atoms with E-state index in [0.29, 0.717) is 32.2 Å². The molecule has 48 heavy (non-hydrogen) atoms. The van der Waals surface area contributed by atoms with Crippen LogP contribution in [-0.2, 0) is 16.1 Å². The number of aromatic nitrogens is 2. The molecule has 238 valence electrons. The van der Waals surface area contributed by atoms with Crippen molar-refractivity contribution < 1.29 is 14.5 Å². The molecule has 0 saturated heterocycles. The van der Waals surface area contributed by atoms with E-state index in [0.717, 1.165) is 27.6 Å². The summed E-state index contributed by atoms with van der Waals surface area (Å²) in [6.07, 6.45) is 3.83. The Hall–Kier alpha value is -5.58. The monoisotopic (exact) mass is 674 g/mol. The van der Waals surface area contributed by atoms with Gasteiger partial charge in [0.1, 0.15) is 0 Å². The molecule has 0 fully saturated rings. The van der Waals surface area contributed by atoms with E-state index in [4.69, 9.17) is 21.3 Å². The van der Waals surface area contributed by atoms with E-state index in [1.54, 1.807) is 35.8 Å². The van der Waals surface area contributed by atoms with Crippen molar-refractivity contribution in [2.24, 2.45) is 4.99 Å². The zero-order chi connectivity index (χ0) is 33.4. The molecule has 1 atom stereocenters. The van der Waals surface area contributed by atoms with Gasteiger partial charge in [0.05, 0.1) is 33.4 Å². The van der Waals surface area contributed by atoms with Crippen LogP contribution in [0.1, 0.15) is 35.2 Å². The molecule has 0 saturated carbocycles. The molecule has 1 aliphatic rings. The smallest absolute Gasteiger partial charge is 0.338 e. The first kappa shape index (κ1) is 31.0. The number of non-ortho nitro benzene ring substituents is 1. The molecule has 0 unspecified atom stereocenters. The molecule has 4 aromatic carbocycles. The number of para-hydroxylation sites is 1. The Morgan fingerprint density at radius 3 is 2.42 bits per heavy atom. The Morgan fingerprint density at radius 2 is 1.71 bits per heavy atom. The lowest BCUT2D eigenvalue weighted by Gasteiger charge is -2.25. The predicted molar refractivity (Wildman–Crippen MR) is 187 cm³/mol. The van der Waals surface area contributed by atoms with Crippen LogP contribution in [0, 0.1) is 10.1 Å². The lowest BCUT2D eigenvalue weighted by Crippen LogP contribution is -2.40. The summed E-state index contributed by atoms with van der Waals surface area (Å²) in [4.78, 5) is 44.2. The third-order valence-corrected chi connectivity index (χ3v) is 9.40. The number of nitro groups is 1. The highest BCUT2D eigenvalue weighted by Gasteiger charge is 2.35. The summed E-state index contributed by atoms with van der Waals surface area (Å²) in [6, 6.07) is 30.0. The Morgan fingerprint density at radius 1 is 1.00 bits per heavy atom. The van der Waals surface area contributed by atoms with E-state index in [9.17, 15) is 19.7 Å². The minimum Gasteiger partial charge on any atom is -0.463 e. The van der Waals surface area contributed by atoms with Gasteiger partial charge in [-0.05, 0) is 42.3 Å². The van der Waals surface area contributed by atoms with Gasteiger partial charge in [-0.25, -0.2) is 9.79 Å². The van der Waals surface area contributed by atoms with E-state index >= 15 is 0 Å². The first-order chi connectivity index (χ1) is 23.3. The van der Waals surface area contributed by atoms with Crippen LogP contribution in [0.3, 0.4) is 0 Å². The lowest BCUT2D eigenvalue weighted by molar-refractivity contribution is -0.384. The van der Waals surface area contributed by atoms with Crippen LogP contribution in [-0.4, -0.2) is 26.6 Å². The van der Waals surface area contributed by atoms with Crippen molar-refractivity contribution in [1.82, 2.24) is 9.13 Å². The quantitative estimate of drug-likeness (QED) is 0.104. The molecule has 6 aromatic rings. The van der Waals surface area contributed by atoms with Gasteiger partial charge in [-0.1, -0.05) is 95.7 Å². The van der Waals surface area contributed by atoms with E-state index in [2.05, 4.69) is 4.57 Å². The van der Waals surface area contributed by atoms with Crippen LogP contribution >= 0.6 is 22.9 Å². The average molecular weight is 675 g/mol. The maximum atomic E-state index is 14.4. The van der Waals surface area contributed by atoms with Crippen LogP contribution in [0.4, 0.5) is 5.69 Å². The molecule has 0 bridgehead atoms. The molecule has 7 rings (SSSR count). The Labute approximate surface area is 283 Å². The van der Waals surface area contributed by atoms with E-state index in [-0.39, 0.29) is 23.4 Å². The van der Waals surface area contributed by atoms with Crippen molar-refractivity contribution in [3.63, 3.8) is 0 Å². The van der Waals surface area contributed by atoms with Crippen molar-refractivity contribution in [2.45, 2.75) is 19.5 Å². The minimum absolute atomic E-state index is 0.0330. The van der Waals surface area contributed by atoms with Gasteiger partial charge in [-0.2, -0.15) is 0 Å². The predicted octanol–water partition coefficient (Wildman–Crippen LogP) is 6.50. The molecule has 0 amide bonds. The third kappa shape index (κ3) is 5.76. The number of halogens is 1. The second-order valence-corrected chi connectivity index (χ2v) is 12.6. The van der Waals surface area contributed by atoms with Crippen molar-refractivity contribution in [3.8, 4) is 0 Å². The highest BCUT2D eigenvalue weighted by atomic mass is 35.5. The van der Waals surface area contributed by atoms with Gasteiger partial charge in [0.2, 0.25) is 0 Å². The van der Waals surface area contributed by atoms with Crippen molar-refractivity contribution in [2.75, 3.05) is 6.61 Å². The van der Waals surface area contributed by atoms with Crippen molar-refractivity contribution in [3.05, 3.63) is 172 Å². The summed E-state index contributed by atoms with van der Waals surface area (Å²) >= 11 is 7.50. The molecule has 1 aliphatic heterocycles. The number of fused-ring (bicyclic) bond motifs is 2. The maximum absolute atomic E-state index is 14.4. The summed E-state index contributed by atoms with van der Waals surface area (Å²) < 4.78 is 9.61. The standard InChI is InChI=1S/C37H27ClN4O5S/c1-2-47-36(44)32-33(24-8-4-3-5-9-24)39-37-41(34(32)25-14-16-27(38)17-15-25)35(43)31(48-37)20-26-22-40(30-11-7-6-10-29(26)30)21-23-12-18-28(19-13-23)42(45)46/h3-20,22,34H,2,21H2,1H3/b31-20-/t34-/m1/s1. The van der Waals surface area contributed by atoms with Crippen LogP contribution in [0.15, 0.2) is 125 Å². The molecule has 0 N–H and O–H groups in total. The SMILES string of the molecule is CCOC(=O)C1=C(c2ccccc2)N=c2s/c(=C\c3cn(Cc4ccc([N+](=O)[O-])cc4)c4ccccc34)c(=O)n2[C@@H]1c1ccc(Cl)cc1. The number of carbonyl (C=O) groups is 1. The van der Waals surface area contributed by atoms with Gasteiger partial charge < -0.3 is 9.30 Å². The molecule has 3 heterocycles. The highest BCUT2D eigenvalue weighted by Crippen LogP contribution is 2.35. The molecular formula is C37H27ClN4O5S. The number of esters is 1. The van der Waals surface area contributed by atoms with Crippen LogP contribution in [0.5, 0.6) is 0 Å². The number of rotatable bonds is 8. The highest BCUT2D eigenvalue weighted by molar-refractivity contribution is 7.07.